The van der Waals surface area contributed by atoms with Gasteiger partial charge in [-0.25, -0.2) is 4.79 Å². The van der Waals surface area contributed by atoms with Gasteiger partial charge >= 0.3 is 5.97 Å². The number of nitrogens with one attached hydrogen (secondary N) is 2. The maximum Gasteiger partial charge on any atom is 0.335 e. The molecule has 0 aromatic carbocycles. The zero-order valence-electron chi connectivity index (χ0n) is 16.6. The van der Waals surface area contributed by atoms with E-state index in [9.17, 15) is 24.5 Å². The minimum absolute atomic E-state index is 0.0158. The molecule has 15 heteroatoms. The zero-order chi connectivity index (χ0) is 22.6. The van der Waals surface area contributed by atoms with Crippen LogP contribution in [0.3, 0.4) is 0 Å². The van der Waals surface area contributed by atoms with Crippen LogP contribution in [0.2, 0.25) is 0 Å². The summed E-state index contributed by atoms with van der Waals surface area (Å²) in [4.78, 5) is 56.8. The largest absolute Gasteiger partial charge is 0.461 e. The average molecular weight is 444 g/mol. The van der Waals surface area contributed by atoms with Gasteiger partial charge in [0.1, 0.15) is 25.3 Å². The highest BCUT2D eigenvalue weighted by Gasteiger charge is 2.24. The van der Waals surface area contributed by atoms with Crippen LogP contribution < -0.4 is 21.5 Å². The molecule has 4 N–H and O–H groups in total. The number of aromatic nitrogens is 2. The van der Waals surface area contributed by atoms with Gasteiger partial charge in [0, 0.05) is 13.0 Å². The van der Waals surface area contributed by atoms with Crippen LogP contribution in [0.1, 0.15) is 19.3 Å². The molecule has 0 saturated heterocycles. The Morgan fingerprint density at radius 1 is 1.32 bits per heavy atom. The van der Waals surface area contributed by atoms with Crippen molar-refractivity contribution in [2.45, 2.75) is 25.4 Å². The molecule has 172 valence electrons. The van der Waals surface area contributed by atoms with Gasteiger partial charge in [0.15, 0.2) is 11.9 Å². The Labute approximate surface area is 175 Å². The van der Waals surface area contributed by atoms with Crippen LogP contribution in [-0.4, -0.2) is 73.2 Å². The van der Waals surface area contributed by atoms with E-state index < -0.39 is 17.2 Å². The molecule has 0 spiro atoms. The maximum atomic E-state index is 12.0. The minimum Gasteiger partial charge on any atom is -0.461 e. The van der Waals surface area contributed by atoms with Crippen molar-refractivity contribution < 1.29 is 33.7 Å². The SMILES string of the molecule is Nc1nc2c(c(=O)[nH]1)NCN2COCCOC(=O)C(CC=O)OCCCCO[N+](=O)[O-]. The second-order valence-corrected chi connectivity index (χ2v) is 6.26. The number of esters is 1. The van der Waals surface area contributed by atoms with E-state index in [1.54, 1.807) is 4.90 Å². The summed E-state index contributed by atoms with van der Waals surface area (Å²) in [6.45, 7) is 0.395. The number of aldehydes is 1. The molecule has 1 atom stereocenters. The number of nitrogens with two attached hydrogens (primary N) is 1. The molecule has 15 nitrogen and oxygen atoms in total. The Bertz CT molecular complexity index is 817. The number of carbonyl (C=O) groups excluding carboxylic acids is 2. The van der Waals surface area contributed by atoms with E-state index in [-0.39, 0.29) is 51.1 Å². The van der Waals surface area contributed by atoms with Gasteiger partial charge in [0.25, 0.3) is 10.6 Å². The summed E-state index contributed by atoms with van der Waals surface area (Å²) in [5, 5.41) is 12.0. The molecule has 1 aliphatic rings. The number of aromatic amines is 1. The van der Waals surface area contributed by atoms with E-state index in [0.717, 1.165) is 0 Å². The van der Waals surface area contributed by atoms with Gasteiger partial charge in [-0.2, -0.15) is 4.98 Å². The third kappa shape index (κ3) is 7.71. The van der Waals surface area contributed by atoms with E-state index >= 15 is 0 Å². The molecule has 31 heavy (non-hydrogen) atoms. The van der Waals surface area contributed by atoms with Crippen molar-refractivity contribution >= 4 is 29.7 Å². The highest BCUT2D eigenvalue weighted by atomic mass is 16.9. The Hall–Kier alpha value is -3.46. The summed E-state index contributed by atoms with van der Waals surface area (Å²) in [5.74, 6) is -0.370. The first-order valence-electron chi connectivity index (χ1n) is 9.38. The fraction of sp³-hybridized carbons (Fsp3) is 0.625. The zero-order valence-corrected chi connectivity index (χ0v) is 16.6. The van der Waals surface area contributed by atoms with Gasteiger partial charge in [-0.3, -0.25) is 9.78 Å². The van der Waals surface area contributed by atoms with Crippen LogP contribution in [0.5, 0.6) is 0 Å². The lowest BCUT2D eigenvalue weighted by Gasteiger charge is -2.18. The Morgan fingerprint density at radius 3 is 2.84 bits per heavy atom. The van der Waals surface area contributed by atoms with Crippen molar-refractivity contribution in [1.29, 1.82) is 0 Å². The van der Waals surface area contributed by atoms with Crippen LogP contribution in [0.25, 0.3) is 0 Å². The normalized spacial score (nSPS) is 13.2. The summed E-state index contributed by atoms with van der Waals surface area (Å²) in [6, 6.07) is 0. The Kier molecular flexibility index (Phi) is 9.44. The van der Waals surface area contributed by atoms with Gasteiger partial charge in [-0.1, -0.05) is 0 Å². The Balaban J connectivity index is 1.64. The van der Waals surface area contributed by atoms with Gasteiger partial charge < -0.3 is 39.8 Å². The topological polar surface area (TPSA) is 201 Å². The molecule has 0 saturated carbocycles. The number of nitrogens with zero attached hydrogens (tertiary/aromatic N) is 3. The van der Waals surface area contributed by atoms with E-state index in [2.05, 4.69) is 20.1 Å². The van der Waals surface area contributed by atoms with Crippen LogP contribution in [0, 0.1) is 10.1 Å². The predicted molar refractivity (Wildman–Crippen MR) is 105 cm³/mol. The fourth-order valence-electron chi connectivity index (χ4n) is 2.58. The summed E-state index contributed by atoms with van der Waals surface area (Å²) < 4.78 is 15.8. The van der Waals surface area contributed by atoms with Gasteiger partial charge in [-0.05, 0) is 12.8 Å². The maximum absolute atomic E-state index is 12.0. The van der Waals surface area contributed by atoms with Crippen LogP contribution in [0.15, 0.2) is 4.79 Å². The van der Waals surface area contributed by atoms with E-state index in [1.165, 1.54) is 0 Å². The lowest BCUT2D eigenvalue weighted by atomic mass is 10.2. The first-order chi connectivity index (χ1) is 14.9. The van der Waals surface area contributed by atoms with Crippen LogP contribution in [0.4, 0.5) is 17.5 Å². The molecule has 1 unspecified atom stereocenters. The molecule has 0 bridgehead atoms. The number of anilines is 3. The molecule has 1 aromatic rings. The second-order valence-electron chi connectivity index (χ2n) is 6.26. The van der Waals surface area contributed by atoms with Crippen LogP contribution in [-0.2, 0) is 28.6 Å². The minimum atomic E-state index is -1.07. The molecule has 0 radical (unpaired) electrons. The number of H-pyrrole nitrogens is 1. The Morgan fingerprint density at radius 2 is 2.10 bits per heavy atom. The number of unbranched alkanes of at least 4 members (excludes halogenated alkanes) is 1. The molecular weight excluding hydrogens is 420 g/mol. The quantitative estimate of drug-likeness (QED) is 0.0980. The number of fused-ring (bicyclic) bond motifs is 1. The molecular formula is C16H24N6O9. The standard InChI is InChI=1S/C16H24N6O9/c17-16-19-13-12(14(24)20-16)18-9-21(13)10-28-7-8-30-15(25)11(3-4-23)29-5-1-2-6-31-22(26)27/h4,11,18H,1-3,5-10H2,(H3,17,19,20,24). The highest BCUT2D eigenvalue weighted by molar-refractivity contribution is 5.77. The first kappa shape index (κ1) is 23.8. The molecule has 2 heterocycles. The van der Waals surface area contributed by atoms with E-state index in [4.69, 9.17) is 19.9 Å². The van der Waals surface area contributed by atoms with Crippen molar-refractivity contribution in [3.05, 3.63) is 20.5 Å². The average Bonchev–Trinajstić information content (AvgIpc) is 3.12. The van der Waals surface area contributed by atoms with Crippen molar-refractivity contribution in [2.24, 2.45) is 0 Å². The number of hydrogen-bond donors (Lipinski definition) is 3. The smallest absolute Gasteiger partial charge is 0.335 e. The van der Waals surface area contributed by atoms with Gasteiger partial charge in [-0.15, -0.1) is 10.1 Å². The molecule has 0 aliphatic carbocycles. The lowest BCUT2D eigenvalue weighted by molar-refractivity contribution is -0.757. The first-order valence-corrected chi connectivity index (χ1v) is 9.38. The highest BCUT2D eigenvalue weighted by Crippen LogP contribution is 2.24. The molecule has 2 rings (SSSR count). The summed E-state index contributed by atoms with van der Waals surface area (Å²) in [5.41, 5.74) is 5.45. The number of rotatable bonds is 15. The summed E-state index contributed by atoms with van der Waals surface area (Å²) >= 11 is 0. The van der Waals surface area contributed by atoms with Crippen molar-refractivity contribution in [3.63, 3.8) is 0 Å². The molecule has 0 amide bonds. The fourth-order valence-corrected chi connectivity index (χ4v) is 2.58. The van der Waals surface area contributed by atoms with Gasteiger partial charge in [0.2, 0.25) is 5.95 Å². The van der Waals surface area contributed by atoms with Gasteiger partial charge in [0.05, 0.1) is 19.9 Å². The van der Waals surface area contributed by atoms with E-state index in [1.807, 2.05) is 0 Å². The number of hydrogen-bond acceptors (Lipinski definition) is 13. The summed E-state index contributed by atoms with van der Waals surface area (Å²) in [6.07, 6.45) is 0.0621. The molecule has 1 aromatic heterocycles. The predicted octanol–water partition coefficient (Wildman–Crippen LogP) is -0.978. The second kappa shape index (κ2) is 12.3. The number of carbonyl (C=O) groups is 2. The molecule has 1 aliphatic heterocycles. The van der Waals surface area contributed by atoms with Crippen molar-refractivity contribution in [3.8, 4) is 0 Å². The third-order valence-corrected chi connectivity index (χ3v) is 4.01. The van der Waals surface area contributed by atoms with Crippen LogP contribution >= 0.6 is 0 Å². The molecule has 0 fully saturated rings. The third-order valence-electron chi connectivity index (χ3n) is 4.01. The number of nitrogen functional groups attached to an aromatic ring is 1. The lowest BCUT2D eigenvalue weighted by Crippen LogP contribution is -2.30. The van der Waals surface area contributed by atoms with Crippen molar-refractivity contribution in [2.75, 3.05) is 55.8 Å². The monoisotopic (exact) mass is 444 g/mol. The summed E-state index contributed by atoms with van der Waals surface area (Å²) in [7, 11) is 0. The van der Waals surface area contributed by atoms with Crippen molar-refractivity contribution in [1.82, 2.24) is 9.97 Å². The van der Waals surface area contributed by atoms with E-state index in [0.29, 0.717) is 37.3 Å². The number of ether oxygens (including phenoxy) is 3.